The molecule has 3 nitrogen and oxygen atoms in total. The largest absolute Gasteiger partial charge is 0.501 e. The molecule has 2 rings (SSSR count). The van der Waals surface area contributed by atoms with Crippen LogP contribution in [0.4, 0.5) is 0 Å². The van der Waals surface area contributed by atoms with Crippen LogP contribution in [0, 0.1) is 0 Å². The Kier molecular flexibility index (Phi) is 4.10. The van der Waals surface area contributed by atoms with Crippen LogP contribution in [0.2, 0.25) is 0 Å². The van der Waals surface area contributed by atoms with E-state index in [4.69, 9.17) is 10.5 Å². The summed E-state index contributed by atoms with van der Waals surface area (Å²) in [4.78, 5) is 2.55. The second-order valence-electron chi connectivity index (χ2n) is 5.85. The summed E-state index contributed by atoms with van der Waals surface area (Å²) in [7, 11) is 0. The van der Waals surface area contributed by atoms with E-state index in [1.165, 1.54) is 37.9 Å². The molecule has 3 heteroatoms. The minimum absolute atomic E-state index is 0.0486. The number of ether oxygens (including phenoxy) is 1. The number of rotatable bonds is 3. The number of likely N-dealkylation sites (tertiary alicyclic amines) is 1. The lowest BCUT2D eigenvalue weighted by Crippen LogP contribution is -2.58. The molecule has 98 valence electrons. The predicted molar refractivity (Wildman–Crippen MR) is 70.7 cm³/mol. The van der Waals surface area contributed by atoms with Crippen molar-refractivity contribution in [3.63, 3.8) is 0 Å². The molecule has 0 saturated carbocycles. The first-order chi connectivity index (χ1) is 8.12. The van der Waals surface area contributed by atoms with Crippen LogP contribution in [-0.4, -0.2) is 36.2 Å². The maximum Gasteiger partial charge on any atom is 0.0876 e. The van der Waals surface area contributed by atoms with Crippen LogP contribution in [0.15, 0.2) is 11.8 Å². The van der Waals surface area contributed by atoms with Crippen LogP contribution in [0.25, 0.3) is 0 Å². The van der Waals surface area contributed by atoms with Gasteiger partial charge in [0.1, 0.15) is 0 Å². The van der Waals surface area contributed by atoms with Gasteiger partial charge in [0.2, 0.25) is 0 Å². The highest BCUT2D eigenvalue weighted by Gasteiger charge is 2.36. The Morgan fingerprint density at radius 1 is 1.24 bits per heavy atom. The van der Waals surface area contributed by atoms with Gasteiger partial charge in [-0.25, -0.2) is 0 Å². The predicted octanol–water partition coefficient (Wildman–Crippen LogP) is 2.27. The molecule has 0 bridgehead atoms. The summed E-state index contributed by atoms with van der Waals surface area (Å²) >= 11 is 0. The number of nitrogens with two attached hydrogens (primary N) is 1. The Morgan fingerprint density at radius 2 is 1.94 bits per heavy atom. The van der Waals surface area contributed by atoms with E-state index in [1.807, 2.05) is 6.26 Å². The smallest absolute Gasteiger partial charge is 0.0876 e. The standard InChI is InChI=1S/C14H26N2O/c1-14(2,16-8-4-3-5-9-16)13(15)12-7-6-10-17-11-12/h11,13H,3-10,15H2,1-2H3. The highest BCUT2D eigenvalue weighted by Crippen LogP contribution is 2.28. The second-order valence-corrected chi connectivity index (χ2v) is 5.85. The zero-order chi connectivity index (χ0) is 12.3. The van der Waals surface area contributed by atoms with Crippen LogP contribution in [0.5, 0.6) is 0 Å². The lowest BCUT2D eigenvalue weighted by Gasteiger charge is -2.45. The van der Waals surface area contributed by atoms with Gasteiger partial charge >= 0.3 is 0 Å². The Morgan fingerprint density at radius 3 is 2.53 bits per heavy atom. The van der Waals surface area contributed by atoms with E-state index in [-0.39, 0.29) is 11.6 Å². The third kappa shape index (κ3) is 2.83. The average molecular weight is 238 g/mol. The third-order valence-electron chi connectivity index (χ3n) is 4.29. The zero-order valence-corrected chi connectivity index (χ0v) is 11.2. The number of hydrogen-bond donors (Lipinski definition) is 1. The molecule has 17 heavy (non-hydrogen) atoms. The zero-order valence-electron chi connectivity index (χ0n) is 11.2. The van der Waals surface area contributed by atoms with Crippen molar-refractivity contribution < 1.29 is 4.74 Å². The molecule has 2 aliphatic rings. The van der Waals surface area contributed by atoms with Crippen molar-refractivity contribution in [3.05, 3.63) is 11.8 Å². The lowest BCUT2D eigenvalue weighted by molar-refractivity contribution is 0.0781. The van der Waals surface area contributed by atoms with Crippen molar-refractivity contribution in [2.75, 3.05) is 19.7 Å². The van der Waals surface area contributed by atoms with Crippen LogP contribution < -0.4 is 5.73 Å². The fraction of sp³-hybridized carbons (Fsp3) is 0.857. The van der Waals surface area contributed by atoms with Gasteiger partial charge in [-0.05, 0) is 58.2 Å². The number of hydrogen-bond acceptors (Lipinski definition) is 3. The number of nitrogens with zero attached hydrogens (tertiary/aromatic N) is 1. The SMILES string of the molecule is CC(C)(C(N)C1=COCCC1)N1CCCCC1. The van der Waals surface area contributed by atoms with E-state index in [0.717, 1.165) is 19.4 Å². The topological polar surface area (TPSA) is 38.5 Å². The minimum atomic E-state index is 0.0486. The van der Waals surface area contributed by atoms with E-state index >= 15 is 0 Å². The molecule has 2 aliphatic heterocycles. The van der Waals surface area contributed by atoms with E-state index in [2.05, 4.69) is 18.7 Å². The molecule has 0 radical (unpaired) electrons. The molecule has 0 aromatic heterocycles. The van der Waals surface area contributed by atoms with Gasteiger partial charge < -0.3 is 10.5 Å². The summed E-state index contributed by atoms with van der Waals surface area (Å²) in [5.74, 6) is 0. The summed E-state index contributed by atoms with van der Waals surface area (Å²) in [6.45, 7) is 7.78. The van der Waals surface area contributed by atoms with E-state index in [1.54, 1.807) is 0 Å². The van der Waals surface area contributed by atoms with Crippen LogP contribution in [-0.2, 0) is 4.74 Å². The summed E-state index contributed by atoms with van der Waals surface area (Å²) < 4.78 is 5.43. The highest BCUT2D eigenvalue weighted by atomic mass is 16.5. The first-order valence-electron chi connectivity index (χ1n) is 6.93. The second kappa shape index (κ2) is 5.40. The third-order valence-corrected chi connectivity index (χ3v) is 4.29. The van der Waals surface area contributed by atoms with E-state index in [9.17, 15) is 0 Å². The molecule has 1 unspecified atom stereocenters. The van der Waals surface area contributed by atoms with Gasteiger partial charge in [0.05, 0.1) is 12.9 Å². The van der Waals surface area contributed by atoms with Crippen LogP contribution >= 0.6 is 0 Å². The molecule has 2 N–H and O–H groups in total. The molecule has 0 aromatic carbocycles. The Hall–Kier alpha value is -0.540. The summed E-state index contributed by atoms with van der Waals surface area (Å²) in [5.41, 5.74) is 7.80. The minimum Gasteiger partial charge on any atom is -0.501 e. The Labute approximate surface area is 105 Å². The first kappa shape index (κ1) is 12.9. The fourth-order valence-electron chi connectivity index (χ4n) is 2.93. The summed E-state index contributed by atoms with van der Waals surface area (Å²) in [6.07, 6.45) is 8.10. The Bertz CT molecular complexity index is 280. The van der Waals surface area contributed by atoms with Crippen molar-refractivity contribution in [2.24, 2.45) is 5.73 Å². The molecule has 2 heterocycles. The maximum absolute atomic E-state index is 6.47. The van der Waals surface area contributed by atoms with Crippen LogP contribution in [0.3, 0.4) is 0 Å². The van der Waals surface area contributed by atoms with Gasteiger partial charge in [-0.3, -0.25) is 4.90 Å². The molecular formula is C14H26N2O. The van der Waals surface area contributed by atoms with Gasteiger partial charge in [-0.15, -0.1) is 0 Å². The van der Waals surface area contributed by atoms with Crippen molar-refractivity contribution in [3.8, 4) is 0 Å². The van der Waals surface area contributed by atoms with Crippen molar-refractivity contribution >= 4 is 0 Å². The summed E-state index contributed by atoms with van der Waals surface area (Å²) in [5, 5.41) is 0. The van der Waals surface area contributed by atoms with E-state index in [0.29, 0.717) is 0 Å². The van der Waals surface area contributed by atoms with Crippen molar-refractivity contribution in [1.82, 2.24) is 4.90 Å². The maximum atomic E-state index is 6.47. The molecule has 0 spiro atoms. The monoisotopic (exact) mass is 238 g/mol. The first-order valence-corrected chi connectivity index (χ1v) is 6.93. The molecule has 1 atom stereocenters. The Balaban J connectivity index is 2.04. The molecule has 1 fully saturated rings. The normalized spacial score (nSPS) is 25.0. The van der Waals surface area contributed by atoms with Gasteiger partial charge in [0.25, 0.3) is 0 Å². The van der Waals surface area contributed by atoms with Gasteiger partial charge in [0, 0.05) is 11.6 Å². The van der Waals surface area contributed by atoms with Gasteiger partial charge in [0.15, 0.2) is 0 Å². The quantitative estimate of drug-likeness (QED) is 0.819. The van der Waals surface area contributed by atoms with Gasteiger partial charge in [-0.1, -0.05) is 6.42 Å². The fourth-order valence-corrected chi connectivity index (χ4v) is 2.93. The van der Waals surface area contributed by atoms with Crippen molar-refractivity contribution in [2.45, 2.75) is 57.5 Å². The highest BCUT2D eigenvalue weighted by molar-refractivity contribution is 5.16. The summed E-state index contributed by atoms with van der Waals surface area (Å²) in [6, 6.07) is 0.0981. The van der Waals surface area contributed by atoms with Crippen molar-refractivity contribution in [1.29, 1.82) is 0 Å². The molecule has 0 aromatic rings. The molecule has 1 saturated heterocycles. The van der Waals surface area contributed by atoms with E-state index < -0.39 is 0 Å². The van der Waals surface area contributed by atoms with Gasteiger partial charge in [-0.2, -0.15) is 0 Å². The molecule has 0 aliphatic carbocycles. The van der Waals surface area contributed by atoms with Crippen LogP contribution in [0.1, 0.15) is 46.0 Å². The lowest BCUT2D eigenvalue weighted by atomic mass is 9.84. The molecular weight excluding hydrogens is 212 g/mol. The molecule has 0 amide bonds. The average Bonchev–Trinajstić information content (AvgIpc) is 2.40. The number of piperidine rings is 1.